The molecule has 0 fully saturated rings. The minimum Gasteiger partial charge on any atom is -0.493 e. The number of amides is 1. The summed E-state index contributed by atoms with van der Waals surface area (Å²) in [6.45, 7) is 2.40. The van der Waals surface area contributed by atoms with E-state index in [1.165, 1.54) is 16.3 Å². The van der Waals surface area contributed by atoms with Gasteiger partial charge in [0.25, 0.3) is 0 Å². The number of carbonyl (C=O) groups is 1. The number of methoxy groups -OCH3 is 2. The second kappa shape index (κ2) is 9.51. The highest BCUT2D eigenvalue weighted by Crippen LogP contribution is 2.27. The molecule has 0 aliphatic rings. The summed E-state index contributed by atoms with van der Waals surface area (Å²) in [6, 6.07) is 20.4. The molecule has 1 amide bonds. The number of ether oxygens (including phenoxy) is 2. The largest absolute Gasteiger partial charge is 0.493 e. The normalized spacial score (nSPS) is 11.8. The van der Waals surface area contributed by atoms with E-state index in [1.54, 1.807) is 26.0 Å². The van der Waals surface area contributed by atoms with Crippen LogP contribution >= 0.6 is 11.8 Å². The Morgan fingerprint density at radius 3 is 2.39 bits per heavy atom. The van der Waals surface area contributed by atoms with Gasteiger partial charge in [0.1, 0.15) is 0 Å². The molecule has 0 aliphatic heterocycles. The zero-order valence-electron chi connectivity index (χ0n) is 16.4. The molecule has 0 radical (unpaired) electrons. The molecule has 1 unspecified atom stereocenters. The lowest BCUT2D eigenvalue weighted by Gasteiger charge is -2.14. The topological polar surface area (TPSA) is 47.6 Å². The van der Waals surface area contributed by atoms with Crippen LogP contribution in [0.2, 0.25) is 0 Å². The lowest BCUT2D eigenvalue weighted by Crippen LogP contribution is -2.30. The monoisotopic (exact) mass is 395 g/mol. The molecule has 28 heavy (non-hydrogen) atoms. The second-order valence-electron chi connectivity index (χ2n) is 6.54. The van der Waals surface area contributed by atoms with Gasteiger partial charge in [0, 0.05) is 12.3 Å². The number of benzene rings is 3. The SMILES string of the molecule is COc1ccc(CNC(=O)C(C)SCc2ccc3ccccc3c2)cc1OC. The van der Waals surface area contributed by atoms with Crippen LogP contribution in [0.25, 0.3) is 10.8 Å². The highest BCUT2D eigenvalue weighted by Gasteiger charge is 2.14. The Balaban J connectivity index is 1.52. The molecule has 1 atom stereocenters. The van der Waals surface area contributed by atoms with Crippen LogP contribution in [0.1, 0.15) is 18.1 Å². The van der Waals surface area contributed by atoms with Gasteiger partial charge in [0.15, 0.2) is 11.5 Å². The maximum absolute atomic E-state index is 12.4. The zero-order chi connectivity index (χ0) is 19.9. The van der Waals surface area contributed by atoms with E-state index in [1.807, 2.05) is 37.3 Å². The molecule has 3 aromatic rings. The van der Waals surface area contributed by atoms with Crippen molar-refractivity contribution in [3.8, 4) is 11.5 Å². The minimum atomic E-state index is -0.133. The quantitative estimate of drug-likeness (QED) is 0.595. The fourth-order valence-electron chi connectivity index (χ4n) is 2.95. The average Bonchev–Trinajstić information content (AvgIpc) is 2.75. The summed E-state index contributed by atoms with van der Waals surface area (Å²) in [4.78, 5) is 12.4. The fourth-order valence-corrected chi connectivity index (χ4v) is 3.81. The van der Waals surface area contributed by atoms with Gasteiger partial charge in [0.05, 0.1) is 19.5 Å². The molecule has 0 saturated heterocycles. The molecule has 146 valence electrons. The van der Waals surface area contributed by atoms with Gasteiger partial charge in [-0.3, -0.25) is 4.79 Å². The summed E-state index contributed by atoms with van der Waals surface area (Å²) in [6.07, 6.45) is 0. The summed E-state index contributed by atoms with van der Waals surface area (Å²) >= 11 is 1.64. The van der Waals surface area contributed by atoms with Crippen molar-refractivity contribution >= 4 is 28.4 Å². The Morgan fingerprint density at radius 2 is 1.64 bits per heavy atom. The number of nitrogens with one attached hydrogen (secondary N) is 1. The molecule has 0 aromatic heterocycles. The van der Waals surface area contributed by atoms with Crippen molar-refractivity contribution in [2.24, 2.45) is 0 Å². The lowest BCUT2D eigenvalue weighted by atomic mass is 10.1. The highest BCUT2D eigenvalue weighted by atomic mass is 32.2. The predicted molar refractivity (Wildman–Crippen MR) is 116 cm³/mol. The van der Waals surface area contributed by atoms with Gasteiger partial charge in [-0.05, 0) is 41.0 Å². The van der Waals surface area contributed by atoms with E-state index in [0.29, 0.717) is 18.0 Å². The van der Waals surface area contributed by atoms with Gasteiger partial charge in [-0.25, -0.2) is 0 Å². The van der Waals surface area contributed by atoms with E-state index in [2.05, 4.69) is 35.6 Å². The van der Waals surface area contributed by atoms with E-state index >= 15 is 0 Å². The first-order valence-corrected chi connectivity index (χ1v) is 10.2. The van der Waals surface area contributed by atoms with Gasteiger partial charge < -0.3 is 14.8 Å². The van der Waals surface area contributed by atoms with Gasteiger partial charge >= 0.3 is 0 Å². The molecular formula is C23H25NO3S. The summed E-state index contributed by atoms with van der Waals surface area (Å²) in [5.41, 5.74) is 2.20. The van der Waals surface area contributed by atoms with Crippen molar-refractivity contribution in [2.45, 2.75) is 24.5 Å². The molecule has 0 spiro atoms. The minimum absolute atomic E-state index is 0.0283. The summed E-state index contributed by atoms with van der Waals surface area (Å²) in [5.74, 6) is 2.17. The van der Waals surface area contributed by atoms with Crippen LogP contribution in [0.4, 0.5) is 0 Å². The Hall–Kier alpha value is -2.66. The highest BCUT2D eigenvalue weighted by molar-refractivity contribution is 7.99. The number of fused-ring (bicyclic) bond motifs is 1. The Bertz CT molecular complexity index is 957. The zero-order valence-corrected chi connectivity index (χ0v) is 17.2. The van der Waals surface area contributed by atoms with Crippen LogP contribution in [0.3, 0.4) is 0 Å². The molecule has 0 heterocycles. The number of thioether (sulfide) groups is 1. The van der Waals surface area contributed by atoms with Gasteiger partial charge in [-0.1, -0.05) is 48.5 Å². The van der Waals surface area contributed by atoms with Crippen LogP contribution < -0.4 is 14.8 Å². The molecular weight excluding hydrogens is 370 g/mol. The Kier molecular flexibility index (Phi) is 6.82. The molecule has 4 nitrogen and oxygen atoms in total. The predicted octanol–water partition coefficient (Wildman–Crippen LogP) is 4.80. The van der Waals surface area contributed by atoms with Crippen LogP contribution in [0.15, 0.2) is 60.7 Å². The van der Waals surface area contributed by atoms with E-state index in [4.69, 9.17) is 9.47 Å². The number of hydrogen-bond acceptors (Lipinski definition) is 4. The van der Waals surface area contributed by atoms with Crippen LogP contribution in [-0.4, -0.2) is 25.4 Å². The van der Waals surface area contributed by atoms with E-state index < -0.39 is 0 Å². The maximum Gasteiger partial charge on any atom is 0.233 e. The van der Waals surface area contributed by atoms with Crippen LogP contribution in [0, 0.1) is 0 Å². The molecule has 3 aromatic carbocycles. The van der Waals surface area contributed by atoms with E-state index in [0.717, 1.165) is 11.3 Å². The van der Waals surface area contributed by atoms with Gasteiger partial charge in [0.2, 0.25) is 5.91 Å². The van der Waals surface area contributed by atoms with Gasteiger partial charge in [-0.15, -0.1) is 11.8 Å². The first-order valence-electron chi connectivity index (χ1n) is 9.18. The number of carbonyl (C=O) groups excluding carboxylic acids is 1. The number of hydrogen-bond donors (Lipinski definition) is 1. The van der Waals surface area contributed by atoms with Crippen molar-refractivity contribution in [2.75, 3.05) is 14.2 Å². The van der Waals surface area contributed by atoms with Crippen molar-refractivity contribution in [3.05, 3.63) is 71.8 Å². The third-order valence-corrected chi connectivity index (χ3v) is 5.81. The van der Waals surface area contributed by atoms with Crippen molar-refractivity contribution < 1.29 is 14.3 Å². The number of rotatable bonds is 8. The molecule has 0 aliphatic carbocycles. The maximum atomic E-state index is 12.4. The van der Waals surface area contributed by atoms with Crippen molar-refractivity contribution in [1.29, 1.82) is 0 Å². The first kappa shape index (κ1) is 20.1. The third kappa shape index (κ3) is 4.98. The molecule has 0 saturated carbocycles. The van der Waals surface area contributed by atoms with E-state index in [-0.39, 0.29) is 11.2 Å². The fraction of sp³-hybridized carbons (Fsp3) is 0.261. The Morgan fingerprint density at radius 1 is 0.929 bits per heavy atom. The van der Waals surface area contributed by atoms with Crippen molar-refractivity contribution in [3.63, 3.8) is 0 Å². The van der Waals surface area contributed by atoms with Gasteiger partial charge in [-0.2, -0.15) is 0 Å². The average molecular weight is 396 g/mol. The summed E-state index contributed by atoms with van der Waals surface area (Å²) in [7, 11) is 3.21. The summed E-state index contributed by atoms with van der Waals surface area (Å²) < 4.78 is 10.5. The van der Waals surface area contributed by atoms with E-state index in [9.17, 15) is 4.79 Å². The smallest absolute Gasteiger partial charge is 0.233 e. The molecule has 0 bridgehead atoms. The molecule has 1 N–H and O–H groups in total. The summed E-state index contributed by atoms with van der Waals surface area (Å²) in [5, 5.41) is 5.33. The van der Waals surface area contributed by atoms with Crippen molar-refractivity contribution in [1.82, 2.24) is 5.32 Å². The van der Waals surface area contributed by atoms with Crippen LogP contribution in [-0.2, 0) is 17.1 Å². The van der Waals surface area contributed by atoms with Crippen LogP contribution in [0.5, 0.6) is 11.5 Å². The molecule has 5 heteroatoms. The third-order valence-electron chi connectivity index (χ3n) is 4.60. The second-order valence-corrected chi connectivity index (χ2v) is 7.87. The molecule has 3 rings (SSSR count). The first-order chi connectivity index (χ1) is 13.6. The standard InChI is InChI=1S/C23H25NO3S/c1-16(28-15-18-8-10-19-6-4-5-7-20(19)12-18)23(25)24-14-17-9-11-21(26-2)22(13-17)27-3/h4-13,16H,14-15H2,1-3H3,(H,24,25). The Labute approximate surface area is 170 Å². The lowest BCUT2D eigenvalue weighted by molar-refractivity contribution is -0.120.